The Labute approximate surface area is 96.3 Å². The molecule has 2 heterocycles. The van der Waals surface area contributed by atoms with Gasteiger partial charge >= 0.3 is 0 Å². The number of aromatic nitrogens is 1. The fraction of sp³-hybridized carbons (Fsp3) is 0.429. The standard InChI is InChI=1S/C14H18N2/c1-11-14(16-9-5-2-6-10-16)12-7-3-4-8-13(12)15-11/h3-4,7-8,15H,2,5-6,9-10H2,1H3. The summed E-state index contributed by atoms with van der Waals surface area (Å²) < 4.78 is 0. The average molecular weight is 214 g/mol. The quantitative estimate of drug-likeness (QED) is 0.770. The van der Waals surface area contributed by atoms with Gasteiger partial charge in [0.2, 0.25) is 0 Å². The number of nitrogens with zero attached hydrogens (tertiary/aromatic N) is 1. The van der Waals surface area contributed by atoms with Gasteiger partial charge in [0.25, 0.3) is 0 Å². The van der Waals surface area contributed by atoms with Crippen LogP contribution in [0, 0.1) is 6.92 Å². The maximum atomic E-state index is 3.48. The van der Waals surface area contributed by atoms with Crippen LogP contribution in [0.25, 0.3) is 10.9 Å². The van der Waals surface area contributed by atoms with Gasteiger partial charge in [-0.2, -0.15) is 0 Å². The molecule has 1 N–H and O–H groups in total. The van der Waals surface area contributed by atoms with Gasteiger partial charge in [-0.3, -0.25) is 0 Å². The van der Waals surface area contributed by atoms with Crippen molar-refractivity contribution in [2.45, 2.75) is 26.2 Å². The molecule has 2 heteroatoms. The van der Waals surface area contributed by atoms with Crippen molar-refractivity contribution in [2.75, 3.05) is 18.0 Å². The summed E-state index contributed by atoms with van der Waals surface area (Å²) in [6.07, 6.45) is 4.05. The third kappa shape index (κ3) is 1.49. The van der Waals surface area contributed by atoms with Crippen molar-refractivity contribution in [1.82, 2.24) is 4.98 Å². The number of para-hydroxylation sites is 1. The highest BCUT2D eigenvalue weighted by Crippen LogP contribution is 2.32. The molecule has 0 unspecified atom stereocenters. The lowest BCUT2D eigenvalue weighted by Gasteiger charge is -2.29. The molecule has 0 spiro atoms. The second kappa shape index (κ2) is 3.85. The largest absolute Gasteiger partial charge is 0.370 e. The second-order valence-corrected chi connectivity index (χ2v) is 4.69. The van der Waals surface area contributed by atoms with Crippen LogP contribution in [-0.2, 0) is 0 Å². The van der Waals surface area contributed by atoms with Crippen LogP contribution in [0.1, 0.15) is 25.0 Å². The zero-order chi connectivity index (χ0) is 11.0. The topological polar surface area (TPSA) is 19.0 Å². The first-order chi connectivity index (χ1) is 7.86. The van der Waals surface area contributed by atoms with E-state index in [1.54, 1.807) is 0 Å². The number of nitrogens with one attached hydrogen (secondary N) is 1. The zero-order valence-electron chi connectivity index (χ0n) is 9.79. The predicted molar refractivity (Wildman–Crippen MR) is 69.1 cm³/mol. The van der Waals surface area contributed by atoms with E-state index in [1.165, 1.54) is 54.6 Å². The zero-order valence-corrected chi connectivity index (χ0v) is 9.79. The number of rotatable bonds is 1. The molecule has 2 nitrogen and oxygen atoms in total. The number of hydrogen-bond donors (Lipinski definition) is 1. The molecular weight excluding hydrogens is 196 g/mol. The first-order valence-corrected chi connectivity index (χ1v) is 6.18. The Hall–Kier alpha value is -1.44. The van der Waals surface area contributed by atoms with Gasteiger partial charge < -0.3 is 9.88 Å². The summed E-state index contributed by atoms with van der Waals surface area (Å²) in [5.74, 6) is 0. The number of aromatic amines is 1. The maximum Gasteiger partial charge on any atom is 0.0654 e. The van der Waals surface area contributed by atoms with E-state index in [-0.39, 0.29) is 0 Å². The monoisotopic (exact) mass is 214 g/mol. The molecule has 0 bridgehead atoms. The minimum Gasteiger partial charge on any atom is -0.370 e. The van der Waals surface area contributed by atoms with Crippen molar-refractivity contribution in [3.05, 3.63) is 30.0 Å². The van der Waals surface area contributed by atoms with Crippen molar-refractivity contribution in [3.63, 3.8) is 0 Å². The number of benzene rings is 1. The van der Waals surface area contributed by atoms with E-state index in [1.807, 2.05) is 0 Å². The molecule has 1 aromatic carbocycles. The highest BCUT2D eigenvalue weighted by atomic mass is 15.1. The SMILES string of the molecule is Cc1[nH]c2ccccc2c1N1CCCCC1. The Morgan fingerprint density at radius 2 is 1.81 bits per heavy atom. The highest BCUT2D eigenvalue weighted by molar-refractivity contribution is 5.94. The minimum atomic E-state index is 1.21. The Morgan fingerprint density at radius 1 is 1.06 bits per heavy atom. The molecular formula is C14H18N2. The third-order valence-electron chi connectivity index (χ3n) is 3.53. The lowest BCUT2D eigenvalue weighted by Crippen LogP contribution is -2.29. The number of hydrogen-bond acceptors (Lipinski definition) is 1. The third-order valence-corrected chi connectivity index (χ3v) is 3.53. The summed E-state index contributed by atoms with van der Waals surface area (Å²) in [6.45, 7) is 4.61. The summed E-state index contributed by atoms with van der Waals surface area (Å²) in [4.78, 5) is 6.02. The highest BCUT2D eigenvalue weighted by Gasteiger charge is 2.17. The molecule has 0 aliphatic carbocycles. The van der Waals surface area contributed by atoms with Crippen molar-refractivity contribution in [2.24, 2.45) is 0 Å². The van der Waals surface area contributed by atoms with Crippen molar-refractivity contribution in [3.8, 4) is 0 Å². The molecule has 84 valence electrons. The van der Waals surface area contributed by atoms with E-state index in [9.17, 15) is 0 Å². The lowest BCUT2D eigenvalue weighted by atomic mass is 10.1. The first-order valence-electron chi connectivity index (χ1n) is 6.18. The van der Waals surface area contributed by atoms with Gasteiger partial charge in [0.05, 0.1) is 5.69 Å². The van der Waals surface area contributed by atoms with Gasteiger partial charge in [-0.1, -0.05) is 18.2 Å². The average Bonchev–Trinajstić information content (AvgIpc) is 2.66. The van der Waals surface area contributed by atoms with Crippen LogP contribution in [0.3, 0.4) is 0 Å². The van der Waals surface area contributed by atoms with E-state index >= 15 is 0 Å². The fourth-order valence-electron chi connectivity index (χ4n) is 2.79. The number of piperidine rings is 1. The molecule has 2 aromatic rings. The van der Waals surface area contributed by atoms with Crippen LogP contribution in [0.15, 0.2) is 24.3 Å². The summed E-state index contributed by atoms with van der Waals surface area (Å²) in [5.41, 5.74) is 4.00. The molecule has 1 saturated heterocycles. The molecule has 1 fully saturated rings. The Kier molecular flexibility index (Phi) is 2.35. The van der Waals surface area contributed by atoms with Crippen molar-refractivity contribution >= 4 is 16.6 Å². The van der Waals surface area contributed by atoms with Gasteiger partial charge in [0.15, 0.2) is 0 Å². The Morgan fingerprint density at radius 3 is 2.62 bits per heavy atom. The molecule has 1 aliphatic rings. The Bertz CT molecular complexity index is 492. The smallest absolute Gasteiger partial charge is 0.0654 e. The van der Waals surface area contributed by atoms with E-state index in [4.69, 9.17) is 0 Å². The fourth-order valence-corrected chi connectivity index (χ4v) is 2.79. The summed E-state index contributed by atoms with van der Waals surface area (Å²) in [6, 6.07) is 8.61. The number of H-pyrrole nitrogens is 1. The molecule has 3 rings (SSSR count). The number of fused-ring (bicyclic) bond motifs is 1. The first kappa shape index (κ1) is 9.76. The van der Waals surface area contributed by atoms with E-state index < -0.39 is 0 Å². The van der Waals surface area contributed by atoms with Gasteiger partial charge in [-0.15, -0.1) is 0 Å². The summed E-state index contributed by atoms with van der Waals surface area (Å²) >= 11 is 0. The van der Waals surface area contributed by atoms with Crippen LogP contribution in [0.5, 0.6) is 0 Å². The van der Waals surface area contributed by atoms with Crippen LogP contribution in [0.4, 0.5) is 5.69 Å². The lowest BCUT2D eigenvalue weighted by molar-refractivity contribution is 0.578. The van der Waals surface area contributed by atoms with Crippen LogP contribution in [0.2, 0.25) is 0 Å². The van der Waals surface area contributed by atoms with Gasteiger partial charge in [0, 0.05) is 29.7 Å². The molecule has 0 saturated carbocycles. The van der Waals surface area contributed by atoms with E-state index in [0.29, 0.717) is 0 Å². The van der Waals surface area contributed by atoms with Crippen LogP contribution in [-0.4, -0.2) is 18.1 Å². The number of anilines is 1. The summed E-state index contributed by atoms with van der Waals surface area (Å²) in [7, 11) is 0. The normalized spacial score (nSPS) is 16.9. The second-order valence-electron chi connectivity index (χ2n) is 4.69. The molecule has 0 atom stereocenters. The van der Waals surface area contributed by atoms with Gasteiger partial charge in [0.1, 0.15) is 0 Å². The van der Waals surface area contributed by atoms with Gasteiger partial charge in [-0.25, -0.2) is 0 Å². The van der Waals surface area contributed by atoms with Crippen LogP contribution >= 0.6 is 0 Å². The van der Waals surface area contributed by atoms with E-state index in [2.05, 4.69) is 41.1 Å². The summed E-state index contributed by atoms with van der Waals surface area (Å²) in [5, 5.41) is 1.38. The van der Waals surface area contributed by atoms with Gasteiger partial charge in [-0.05, 0) is 32.3 Å². The predicted octanol–water partition coefficient (Wildman–Crippen LogP) is 3.47. The maximum absolute atomic E-state index is 3.48. The number of aryl methyl sites for hydroxylation is 1. The molecule has 0 amide bonds. The molecule has 16 heavy (non-hydrogen) atoms. The Balaban J connectivity index is 2.10. The van der Waals surface area contributed by atoms with Crippen LogP contribution < -0.4 is 4.90 Å². The van der Waals surface area contributed by atoms with E-state index in [0.717, 1.165) is 0 Å². The van der Waals surface area contributed by atoms with Crippen molar-refractivity contribution < 1.29 is 0 Å². The van der Waals surface area contributed by atoms with Crippen molar-refractivity contribution in [1.29, 1.82) is 0 Å². The molecule has 0 radical (unpaired) electrons. The molecule has 1 aromatic heterocycles. The minimum absolute atomic E-state index is 1.21. The molecule has 1 aliphatic heterocycles.